The van der Waals surface area contributed by atoms with Gasteiger partial charge in [-0.3, -0.25) is 0 Å². The van der Waals surface area contributed by atoms with Crippen molar-refractivity contribution in [2.45, 2.75) is 6.42 Å². The summed E-state index contributed by atoms with van der Waals surface area (Å²) in [5, 5.41) is 3.27. The molecule has 0 radical (unpaired) electrons. The van der Waals surface area contributed by atoms with Crippen molar-refractivity contribution in [3.8, 4) is 5.75 Å². The molecule has 24 heavy (non-hydrogen) atoms. The molecule has 128 valence electrons. The van der Waals surface area contributed by atoms with E-state index in [-0.39, 0.29) is 5.82 Å². The number of benzene rings is 1. The molecule has 0 aliphatic carbocycles. The molecule has 0 amide bonds. The number of rotatable bonds is 7. The van der Waals surface area contributed by atoms with Crippen molar-refractivity contribution in [3.63, 3.8) is 0 Å². The van der Waals surface area contributed by atoms with Crippen molar-refractivity contribution in [3.05, 3.63) is 42.5 Å². The van der Waals surface area contributed by atoms with Crippen LogP contribution >= 0.6 is 0 Å². The van der Waals surface area contributed by atoms with E-state index in [1.54, 1.807) is 18.5 Å². The summed E-state index contributed by atoms with van der Waals surface area (Å²) in [5.41, 5.74) is 0. The molecule has 1 aromatic carbocycles. The van der Waals surface area contributed by atoms with Gasteiger partial charge in [-0.2, -0.15) is 0 Å². The highest BCUT2D eigenvalue weighted by Crippen LogP contribution is 2.15. The molecule has 1 N–H and O–H groups in total. The third-order valence-corrected chi connectivity index (χ3v) is 3.70. The van der Waals surface area contributed by atoms with Crippen LogP contribution in [0.15, 0.2) is 36.7 Å². The van der Waals surface area contributed by atoms with Crippen LogP contribution in [0, 0.1) is 5.82 Å². The van der Waals surface area contributed by atoms with Crippen molar-refractivity contribution in [2.24, 2.45) is 0 Å². The highest BCUT2D eigenvalue weighted by atomic mass is 19.1. The van der Waals surface area contributed by atoms with Crippen molar-refractivity contribution in [2.75, 3.05) is 49.7 Å². The van der Waals surface area contributed by atoms with Crippen molar-refractivity contribution in [1.29, 1.82) is 0 Å². The average molecular weight is 332 g/mol. The summed E-state index contributed by atoms with van der Waals surface area (Å²) in [4.78, 5) is 10.7. The van der Waals surface area contributed by atoms with Gasteiger partial charge in [-0.15, -0.1) is 0 Å². The lowest BCUT2D eigenvalue weighted by Crippen LogP contribution is -2.36. The summed E-state index contributed by atoms with van der Waals surface area (Å²) in [6.07, 6.45) is 2.39. The lowest BCUT2D eigenvalue weighted by Gasteiger charge is -2.27. The van der Waals surface area contributed by atoms with Crippen LogP contribution in [0.3, 0.4) is 0 Å². The van der Waals surface area contributed by atoms with Gasteiger partial charge in [0.05, 0.1) is 19.8 Å². The zero-order chi connectivity index (χ0) is 16.6. The summed E-state index contributed by atoms with van der Waals surface area (Å²) >= 11 is 0. The van der Waals surface area contributed by atoms with Crippen LogP contribution in [0.25, 0.3) is 0 Å². The summed E-state index contributed by atoms with van der Waals surface area (Å²) < 4.78 is 23.7. The number of hydrogen-bond donors (Lipinski definition) is 1. The number of nitrogens with one attached hydrogen (secondary N) is 1. The lowest BCUT2D eigenvalue weighted by molar-refractivity contribution is 0.122. The Bertz CT molecular complexity index is 633. The maximum absolute atomic E-state index is 12.8. The molecule has 1 aliphatic heterocycles. The summed E-state index contributed by atoms with van der Waals surface area (Å²) in [7, 11) is 0. The first-order valence-corrected chi connectivity index (χ1v) is 8.08. The second kappa shape index (κ2) is 8.44. The monoisotopic (exact) mass is 332 g/mol. The SMILES string of the molecule is Fc1ccc(OCCCNc2cc(N3CCOCC3)ncn2)cc1. The molecule has 2 heterocycles. The van der Waals surface area contributed by atoms with Crippen LogP contribution < -0.4 is 15.0 Å². The first kappa shape index (κ1) is 16.4. The van der Waals surface area contributed by atoms with E-state index in [0.717, 1.165) is 50.9 Å². The molecule has 0 spiro atoms. The molecule has 1 fully saturated rings. The Morgan fingerprint density at radius 1 is 1.17 bits per heavy atom. The first-order chi connectivity index (χ1) is 11.8. The van der Waals surface area contributed by atoms with Crippen LogP contribution in [0.1, 0.15) is 6.42 Å². The number of anilines is 2. The van der Waals surface area contributed by atoms with Gasteiger partial charge in [0.2, 0.25) is 0 Å². The first-order valence-electron chi connectivity index (χ1n) is 8.08. The van der Waals surface area contributed by atoms with Crippen LogP contribution in [0.5, 0.6) is 5.75 Å². The third kappa shape index (κ3) is 4.79. The van der Waals surface area contributed by atoms with Crippen LogP contribution in [0.2, 0.25) is 0 Å². The Hall–Kier alpha value is -2.41. The number of morpholine rings is 1. The third-order valence-electron chi connectivity index (χ3n) is 3.70. The van der Waals surface area contributed by atoms with Gasteiger partial charge < -0.3 is 19.7 Å². The number of aromatic nitrogens is 2. The minimum absolute atomic E-state index is 0.260. The van der Waals surface area contributed by atoms with Gasteiger partial charge in [0.15, 0.2) is 0 Å². The van der Waals surface area contributed by atoms with E-state index in [0.29, 0.717) is 12.4 Å². The van der Waals surface area contributed by atoms with Crippen molar-refractivity contribution >= 4 is 11.6 Å². The van der Waals surface area contributed by atoms with Gasteiger partial charge in [0, 0.05) is 25.7 Å². The largest absolute Gasteiger partial charge is 0.494 e. The fourth-order valence-electron chi connectivity index (χ4n) is 2.42. The van der Waals surface area contributed by atoms with Crippen molar-refractivity contribution in [1.82, 2.24) is 9.97 Å². The van der Waals surface area contributed by atoms with Gasteiger partial charge in [-0.05, 0) is 30.7 Å². The minimum Gasteiger partial charge on any atom is -0.494 e. The molecular weight excluding hydrogens is 311 g/mol. The van der Waals surface area contributed by atoms with Gasteiger partial charge in [0.1, 0.15) is 29.5 Å². The fraction of sp³-hybridized carbons (Fsp3) is 0.412. The summed E-state index contributed by atoms with van der Waals surface area (Å²) in [5.74, 6) is 2.13. The Balaban J connectivity index is 1.40. The molecule has 6 nitrogen and oxygen atoms in total. The molecule has 0 saturated carbocycles. The Labute approximate surface area is 140 Å². The van der Waals surface area contributed by atoms with E-state index < -0.39 is 0 Å². The van der Waals surface area contributed by atoms with E-state index in [1.807, 2.05) is 6.07 Å². The Morgan fingerprint density at radius 3 is 2.75 bits per heavy atom. The topological polar surface area (TPSA) is 59.5 Å². The number of halogens is 1. The fourth-order valence-corrected chi connectivity index (χ4v) is 2.42. The Kier molecular flexibility index (Phi) is 5.79. The van der Waals surface area contributed by atoms with E-state index in [2.05, 4.69) is 20.2 Å². The standard InChI is InChI=1S/C17H21FN4O2/c18-14-2-4-15(5-3-14)24-9-1-6-19-16-12-17(21-13-20-16)22-7-10-23-11-8-22/h2-5,12-13H,1,6-11H2,(H,19,20,21). The van der Waals surface area contributed by atoms with Gasteiger partial charge in [-0.25, -0.2) is 14.4 Å². The Morgan fingerprint density at radius 2 is 1.96 bits per heavy atom. The highest BCUT2D eigenvalue weighted by Gasteiger charge is 2.12. The van der Waals surface area contributed by atoms with Gasteiger partial charge in [0.25, 0.3) is 0 Å². The van der Waals surface area contributed by atoms with E-state index in [9.17, 15) is 4.39 Å². The van der Waals surface area contributed by atoms with E-state index in [4.69, 9.17) is 9.47 Å². The molecule has 3 rings (SSSR count). The normalized spacial score (nSPS) is 14.5. The number of nitrogens with zero attached hydrogens (tertiary/aromatic N) is 3. The van der Waals surface area contributed by atoms with Gasteiger partial charge in [-0.1, -0.05) is 0 Å². The van der Waals surface area contributed by atoms with Crippen LogP contribution in [-0.4, -0.2) is 49.4 Å². The predicted molar refractivity (Wildman–Crippen MR) is 90.1 cm³/mol. The maximum Gasteiger partial charge on any atom is 0.134 e. The molecule has 1 saturated heterocycles. The zero-order valence-corrected chi connectivity index (χ0v) is 13.4. The van der Waals surface area contributed by atoms with Crippen LogP contribution in [0.4, 0.5) is 16.0 Å². The molecule has 0 atom stereocenters. The number of ether oxygens (including phenoxy) is 2. The predicted octanol–water partition coefficient (Wildman–Crippen LogP) is 2.33. The summed E-state index contributed by atoms with van der Waals surface area (Å²) in [6, 6.07) is 7.99. The maximum atomic E-state index is 12.8. The molecule has 1 aromatic heterocycles. The molecule has 7 heteroatoms. The highest BCUT2D eigenvalue weighted by molar-refractivity contribution is 5.48. The second-order valence-corrected chi connectivity index (χ2v) is 5.44. The quantitative estimate of drug-likeness (QED) is 0.786. The molecule has 0 unspecified atom stereocenters. The molecule has 2 aromatic rings. The van der Waals surface area contributed by atoms with Crippen molar-refractivity contribution < 1.29 is 13.9 Å². The zero-order valence-electron chi connectivity index (χ0n) is 13.4. The average Bonchev–Trinajstić information content (AvgIpc) is 2.64. The number of hydrogen-bond acceptors (Lipinski definition) is 6. The van der Waals surface area contributed by atoms with Crippen LogP contribution in [-0.2, 0) is 4.74 Å². The van der Waals surface area contributed by atoms with E-state index in [1.165, 1.54) is 12.1 Å². The molecular formula is C17H21FN4O2. The molecule has 1 aliphatic rings. The van der Waals surface area contributed by atoms with E-state index >= 15 is 0 Å². The lowest BCUT2D eigenvalue weighted by atomic mass is 10.3. The smallest absolute Gasteiger partial charge is 0.134 e. The minimum atomic E-state index is -0.260. The summed E-state index contributed by atoms with van der Waals surface area (Å²) in [6.45, 7) is 4.45. The molecule has 0 bridgehead atoms. The second-order valence-electron chi connectivity index (χ2n) is 5.44. The van der Waals surface area contributed by atoms with Gasteiger partial charge >= 0.3 is 0 Å².